The van der Waals surface area contributed by atoms with E-state index in [1.807, 2.05) is 0 Å². The van der Waals surface area contributed by atoms with Crippen molar-refractivity contribution in [3.05, 3.63) is 0 Å². The van der Waals surface area contributed by atoms with Gasteiger partial charge >= 0.3 is 5.97 Å². The molecule has 0 bridgehead atoms. The first-order valence-corrected chi connectivity index (χ1v) is 15.9. The molecule has 0 aliphatic rings. The summed E-state index contributed by atoms with van der Waals surface area (Å²) in [5, 5.41) is 9.90. The molecule has 0 rings (SSSR count). The van der Waals surface area contributed by atoms with Gasteiger partial charge in [-0.05, 0) is 18.8 Å². The lowest BCUT2D eigenvalue weighted by Crippen LogP contribution is -2.18. The summed E-state index contributed by atoms with van der Waals surface area (Å²) in [6.45, 7) is 6.82. The van der Waals surface area contributed by atoms with Gasteiger partial charge in [0.25, 0.3) is 0 Å². The highest BCUT2D eigenvalue weighted by Crippen LogP contribution is 2.28. The van der Waals surface area contributed by atoms with Gasteiger partial charge in [-0.2, -0.15) is 0 Å². The molecule has 1 N–H and O–H groups in total. The second-order valence-electron chi connectivity index (χ2n) is 11.2. The fraction of sp³-hybridized carbons (Fsp3) is 0.969. The van der Waals surface area contributed by atoms with E-state index in [0.29, 0.717) is 5.92 Å². The Bertz CT molecular complexity index is 406. The Labute approximate surface area is 215 Å². The van der Waals surface area contributed by atoms with Crippen LogP contribution < -0.4 is 0 Å². The van der Waals surface area contributed by atoms with Crippen molar-refractivity contribution in [1.29, 1.82) is 0 Å². The van der Waals surface area contributed by atoms with Gasteiger partial charge in [-0.25, -0.2) is 0 Å². The van der Waals surface area contributed by atoms with E-state index in [9.17, 15) is 9.90 Å². The van der Waals surface area contributed by atoms with Crippen molar-refractivity contribution < 1.29 is 9.90 Å². The molecule has 2 unspecified atom stereocenters. The number of hydrogen-bond donors (Lipinski definition) is 1. The zero-order valence-electron chi connectivity index (χ0n) is 23.9. The van der Waals surface area contributed by atoms with Crippen LogP contribution in [0.2, 0.25) is 0 Å². The topological polar surface area (TPSA) is 37.3 Å². The normalized spacial score (nSPS) is 13.3. The molecule has 0 heterocycles. The molecule has 0 saturated carbocycles. The van der Waals surface area contributed by atoms with Crippen LogP contribution in [0.1, 0.15) is 188 Å². The number of rotatable bonds is 28. The van der Waals surface area contributed by atoms with E-state index in [-0.39, 0.29) is 5.92 Å². The molecular weight excluding hydrogens is 416 g/mol. The molecule has 0 radical (unpaired) electrons. The molecule has 0 aliphatic carbocycles. The molecule has 2 atom stereocenters. The molecule has 2 heteroatoms. The van der Waals surface area contributed by atoms with Crippen molar-refractivity contribution in [3.8, 4) is 0 Å². The lowest BCUT2D eigenvalue weighted by molar-refractivity contribution is -0.142. The number of carbonyl (C=O) groups is 1. The van der Waals surface area contributed by atoms with Gasteiger partial charge in [0.05, 0.1) is 5.92 Å². The lowest BCUT2D eigenvalue weighted by Gasteiger charge is -2.21. The largest absolute Gasteiger partial charge is 0.481 e. The minimum atomic E-state index is -0.535. The lowest BCUT2D eigenvalue weighted by atomic mass is 9.84. The zero-order valence-corrected chi connectivity index (χ0v) is 23.9. The molecule has 204 valence electrons. The maximum Gasteiger partial charge on any atom is 0.306 e. The maximum atomic E-state index is 12.0. The Hall–Kier alpha value is -0.530. The van der Waals surface area contributed by atoms with Crippen molar-refractivity contribution in [2.24, 2.45) is 11.8 Å². The van der Waals surface area contributed by atoms with Crippen molar-refractivity contribution >= 4 is 5.97 Å². The van der Waals surface area contributed by atoms with Crippen LogP contribution >= 0.6 is 0 Å². The van der Waals surface area contributed by atoms with Crippen molar-refractivity contribution in [2.75, 3.05) is 0 Å². The first-order chi connectivity index (χ1) is 16.7. The van der Waals surface area contributed by atoms with Crippen LogP contribution in [0.25, 0.3) is 0 Å². The maximum absolute atomic E-state index is 12.0. The third kappa shape index (κ3) is 23.2. The number of carboxylic acid groups (broad SMARTS) is 1. The summed E-state index contributed by atoms with van der Waals surface area (Å²) < 4.78 is 0. The summed E-state index contributed by atoms with van der Waals surface area (Å²) in [6, 6.07) is 0. The number of aliphatic carboxylic acids is 1. The van der Waals surface area contributed by atoms with E-state index < -0.39 is 5.97 Å². The molecule has 0 fully saturated rings. The van der Waals surface area contributed by atoms with Crippen LogP contribution in [0.15, 0.2) is 0 Å². The molecule has 34 heavy (non-hydrogen) atoms. The van der Waals surface area contributed by atoms with E-state index in [1.54, 1.807) is 0 Å². The fourth-order valence-electron chi connectivity index (χ4n) is 5.43. The van der Waals surface area contributed by atoms with Gasteiger partial charge < -0.3 is 5.11 Å². The third-order valence-electron chi connectivity index (χ3n) is 7.81. The first kappa shape index (κ1) is 33.5. The van der Waals surface area contributed by atoms with Crippen LogP contribution in [-0.4, -0.2) is 11.1 Å². The van der Waals surface area contributed by atoms with Gasteiger partial charge in [-0.3, -0.25) is 4.79 Å². The molecule has 0 aromatic carbocycles. The van der Waals surface area contributed by atoms with Crippen LogP contribution in [0.4, 0.5) is 0 Å². The third-order valence-corrected chi connectivity index (χ3v) is 7.81. The smallest absolute Gasteiger partial charge is 0.306 e. The zero-order chi connectivity index (χ0) is 25.1. The number of carboxylic acids is 1. The minimum Gasteiger partial charge on any atom is -0.481 e. The quantitative estimate of drug-likeness (QED) is 0.113. The van der Waals surface area contributed by atoms with Crippen molar-refractivity contribution in [1.82, 2.24) is 0 Å². The van der Waals surface area contributed by atoms with E-state index in [0.717, 1.165) is 19.3 Å². The molecule has 0 spiro atoms. The Morgan fingerprint density at radius 3 is 1.09 bits per heavy atom. The van der Waals surface area contributed by atoms with E-state index in [1.165, 1.54) is 148 Å². The fourth-order valence-corrected chi connectivity index (χ4v) is 5.43. The highest BCUT2D eigenvalue weighted by atomic mass is 16.4. The SMILES string of the molecule is CCCCCCCCCCC(CCCCCCCC)CC(CCCCCCCCCC)C(=O)O. The first-order valence-electron chi connectivity index (χ1n) is 15.9. The van der Waals surface area contributed by atoms with Crippen LogP contribution in [-0.2, 0) is 4.79 Å². The summed E-state index contributed by atoms with van der Waals surface area (Å²) in [5.41, 5.74) is 0. The second kappa shape index (κ2) is 27.1. The standard InChI is InChI=1S/C32H64O2/c1-4-7-10-13-16-18-21-24-27-30(26-23-20-15-12-9-6-3)29-31(32(33)34)28-25-22-19-17-14-11-8-5-2/h30-31H,4-29H2,1-3H3,(H,33,34). The van der Waals surface area contributed by atoms with Crippen LogP contribution in [0.3, 0.4) is 0 Å². The van der Waals surface area contributed by atoms with Crippen LogP contribution in [0, 0.1) is 11.8 Å². The number of hydrogen-bond acceptors (Lipinski definition) is 1. The highest BCUT2D eigenvalue weighted by Gasteiger charge is 2.22. The van der Waals surface area contributed by atoms with E-state index in [4.69, 9.17) is 0 Å². The second-order valence-corrected chi connectivity index (χ2v) is 11.2. The van der Waals surface area contributed by atoms with Gasteiger partial charge in [-0.1, -0.05) is 175 Å². The van der Waals surface area contributed by atoms with Gasteiger partial charge in [0, 0.05) is 0 Å². The van der Waals surface area contributed by atoms with Crippen LogP contribution in [0.5, 0.6) is 0 Å². The molecule has 0 aromatic rings. The number of unbranched alkanes of at least 4 members (excludes halogenated alkanes) is 19. The van der Waals surface area contributed by atoms with E-state index in [2.05, 4.69) is 20.8 Å². The summed E-state index contributed by atoms with van der Waals surface area (Å²) in [4.78, 5) is 12.0. The average Bonchev–Trinajstić information content (AvgIpc) is 2.83. The van der Waals surface area contributed by atoms with E-state index >= 15 is 0 Å². The van der Waals surface area contributed by atoms with Gasteiger partial charge in [0.1, 0.15) is 0 Å². The van der Waals surface area contributed by atoms with Gasteiger partial charge in [0.15, 0.2) is 0 Å². The summed E-state index contributed by atoms with van der Waals surface area (Å²) in [5.74, 6) is -0.0209. The molecule has 0 amide bonds. The Morgan fingerprint density at radius 1 is 0.471 bits per heavy atom. The van der Waals surface area contributed by atoms with Gasteiger partial charge in [0.2, 0.25) is 0 Å². The van der Waals surface area contributed by atoms with Gasteiger partial charge in [-0.15, -0.1) is 0 Å². The molecule has 0 aromatic heterocycles. The summed E-state index contributed by atoms with van der Waals surface area (Å²) in [6.07, 6.45) is 33.6. The molecular formula is C32H64O2. The van der Waals surface area contributed by atoms with Crippen molar-refractivity contribution in [3.63, 3.8) is 0 Å². The monoisotopic (exact) mass is 480 g/mol. The Balaban J connectivity index is 4.31. The highest BCUT2D eigenvalue weighted by molar-refractivity contribution is 5.69. The average molecular weight is 481 g/mol. The summed E-state index contributed by atoms with van der Waals surface area (Å²) >= 11 is 0. The molecule has 2 nitrogen and oxygen atoms in total. The Morgan fingerprint density at radius 2 is 0.765 bits per heavy atom. The minimum absolute atomic E-state index is 0.112. The van der Waals surface area contributed by atoms with Crippen molar-refractivity contribution in [2.45, 2.75) is 188 Å². The molecule has 0 saturated heterocycles. The predicted molar refractivity (Wildman–Crippen MR) is 152 cm³/mol. The summed E-state index contributed by atoms with van der Waals surface area (Å²) in [7, 11) is 0. The molecule has 0 aliphatic heterocycles. The predicted octanol–water partition coefficient (Wildman–Crippen LogP) is 11.5. The Kier molecular flexibility index (Phi) is 26.6.